The molecule has 0 aliphatic heterocycles. The molecule has 0 unspecified atom stereocenters. The van der Waals surface area contributed by atoms with Gasteiger partial charge in [-0.05, 0) is 24.1 Å². The summed E-state index contributed by atoms with van der Waals surface area (Å²) in [5.41, 5.74) is 5.96. The third-order valence-electron chi connectivity index (χ3n) is 2.77. The Kier molecular flexibility index (Phi) is 7.25. The fraction of sp³-hybridized carbons (Fsp3) is 0.467. The predicted molar refractivity (Wildman–Crippen MR) is 87.7 cm³/mol. The summed E-state index contributed by atoms with van der Waals surface area (Å²) in [5.74, 6) is -0.122. The van der Waals surface area contributed by atoms with Crippen LogP contribution in [0.3, 0.4) is 0 Å². The average Bonchev–Trinajstić information content (AvgIpc) is 2.35. The molecular weight excluding hydrogens is 289 g/mol. The molecule has 1 aromatic carbocycles. The molecule has 0 radical (unpaired) electrons. The third-order valence-corrected chi connectivity index (χ3v) is 2.98. The van der Waals surface area contributed by atoms with Crippen molar-refractivity contribution in [1.82, 2.24) is 4.90 Å². The van der Waals surface area contributed by atoms with Crippen LogP contribution in [-0.2, 0) is 4.79 Å². The van der Waals surface area contributed by atoms with Gasteiger partial charge in [0.2, 0.25) is 5.91 Å². The first-order valence-electron chi connectivity index (χ1n) is 6.93. The van der Waals surface area contributed by atoms with Gasteiger partial charge in [-0.25, -0.2) is 4.39 Å². The van der Waals surface area contributed by atoms with E-state index in [4.69, 9.17) is 18.0 Å². The van der Waals surface area contributed by atoms with Gasteiger partial charge in [-0.1, -0.05) is 32.1 Å². The minimum atomic E-state index is -0.375. The lowest BCUT2D eigenvalue weighted by Crippen LogP contribution is -2.37. The van der Waals surface area contributed by atoms with E-state index < -0.39 is 0 Å². The summed E-state index contributed by atoms with van der Waals surface area (Å²) in [7, 11) is 0. The van der Waals surface area contributed by atoms with E-state index in [1.165, 1.54) is 12.1 Å². The third kappa shape index (κ3) is 7.72. The number of rotatable bonds is 8. The Morgan fingerprint density at radius 3 is 2.76 bits per heavy atom. The van der Waals surface area contributed by atoms with E-state index in [-0.39, 0.29) is 18.3 Å². The molecule has 6 heteroatoms. The second kappa shape index (κ2) is 8.69. The molecule has 1 aromatic rings. The summed E-state index contributed by atoms with van der Waals surface area (Å²) in [6, 6.07) is 5.84. The van der Waals surface area contributed by atoms with E-state index in [0.717, 1.165) is 6.54 Å². The number of nitrogens with one attached hydrogen (secondary N) is 1. The number of hydrogen-bond donors (Lipinski definition) is 2. The number of halogens is 1. The second-order valence-electron chi connectivity index (χ2n) is 5.40. The first-order chi connectivity index (χ1) is 9.86. The SMILES string of the molecule is CC(C)CN(CCC(N)=S)CC(=O)Nc1cccc(F)c1. The lowest BCUT2D eigenvalue weighted by atomic mass is 10.2. The summed E-state index contributed by atoms with van der Waals surface area (Å²) in [6.07, 6.45) is 0.579. The molecule has 0 saturated carbocycles. The molecule has 4 nitrogen and oxygen atoms in total. The number of carbonyl (C=O) groups is 1. The Bertz CT molecular complexity index is 494. The van der Waals surface area contributed by atoms with Gasteiger partial charge in [0.15, 0.2) is 0 Å². The molecule has 0 aromatic heterocycles. The Balaban J connectivity index is 2.56. The summed E-state index contributed by atoms with van der Waals surface area (Å²) in [6.45, 7) is 5.82. The standard InChI is InChI=1S/C15H22FN3OS/c1-11(2)9-19(7-6-14(17)21)10-15(20)18-13-5-3-4-12(16)8-13/h3-5,8,11H,6-7,9-10H2,1-2H3,(H2,17,21)(H,18,20). The minimum Gasteiger partial charge on any atom is -0.393 e. The van der Waals surface area contributed by atoms with Crippen LogP contribution in [-0.4, -0.2) is 35.4 Å². The molecule has 0 aliphatic rings. The maximum Gasteiger partial charge on any atom is 0.238 e. The van der Waals surface area contributed by atoms with E-state index in [1.807, 2.05) is 4.90 Å². The van der Waals surface area contributed by atoms with Crippen LogP contribution in [0, 0.1) is 11.7 Å². The number of hydrogen-bond acceptors (Lipinski definition) is 3. The Morgan fingerprint density at radius 2 is 2.19 bits per heavy atom. The van der Waals surface area contributed by atoms with E-state index in [1.54, 1.807) is 12.1 Å². The molecule has 0 fully saturated rings. The molecule has 116 valence electrons. The molecule has 0 atom stereocenters. The zero-order valence-electron chi connectivity index (χ0n) is 12.4. The molecule has 3 N–H and O–H groups in total. The van der Waals surface area contributed by atoms with Crippen LogP contribution in [0.2, 0.25) is 0 Å². The smallest absolute Gasteiger partial charge is 0.238 e. The number of nitrogens with two attached hydrogens (primary N) is 1. The topological polar surface area (TPSA) is 58.4 Å². The maximum atomic E-state index is 13.1. The molecule has 0 spiro atoms. The minimum absolute atomic E-state index is 0.177. The van der Waals surface area contributed by atoms with Crippen molar-refractivity contribution >= 4 is 28.8 Å². The van der Waals surface area contributed by atoms with Gasteiger partial charge in [0.1, 0.15) is 5.82 Å². The van der Waals surface area contributed by atoms with E-state index in [9.17, 15) is 9.18 Å². The molecule has 1 amide bonds. The molecule has 1 rings (SSSR count). The fourth-order valence-electron chi connectivity index (χ4n) is 1.99. The molecule has 0 bridgehead atoms. The van der Waals surface area contributed by atoms with Crippen molar-refractivity contribution in [3.05, 3.63) is 30.1 Å². The Labute approximate surface area is 130 Å². The number of amides is 1. The maximum absolute atomic E-state index is 13.1. The Morgan fingerprint density at radius 1 is 1.48 bits per heavy atom. The van der Waals surface area contributed by atoms with Crippen molar-refractivity contribution in [2.75, 3.05) is 25.0 Å². The van der Waals surface area contributed by atoms with Crippen molar-refractivity contribution in [3.8, 4) is 0 Å². The molecule has 0 heterocycles. The summed E-state index contributed by atoms with van der Waals surface area (Å²) in [4.78, 5) is 14.5. The first-order valence-corrected chi connectivity index (χ1v) is 7.33. The lowest BCUT2D eigenvalue weighted by Gasteiger charge is -2.23. The van der Waals surface area contributed by atoms with Crippen LogP contribution in [0.1, 0.15) is 20.3 Å². The first kappa shape index (κ1) is 17.5. The number of thiocarbonyl (C=S) groups is 1. The second-order valence-corrected chi connectivity index (χ2v) is 5.93. The van der Waals surface area contributed by atoms with E-state index in [2.05, 4.69) is 19.2 Å². The summed E-state index contributed by atoms with van der Waals surface area (Å²) < 4.78 is 13.1. The molecule has 21 heavy (non-hydrogen) atoms. The van der Waals surface area contributed by atoms with Gasteiger partial charge in [-0.2, -0.15) is 0 Å². The highest BCUT2D eigenvalue weighted by atomic mass is 32.1. The van der Waals surface area contributed by atoms with Gasteiger partial charge in [0.25, 0.3) is 0 Å². The van der Waals surface area contributed by atoms with Crippen molar-refractivity contribution in [3.63, 3.8) is 0 Å². The van der Waals surface area contributed by atoms with Crippen molar-refractivity contribution in [2.24, 2.45) is 11.7 Å². The average molecular weight is 311 g/mol. The largest absolute Gasteiger partial charge is 0.393 e. The van der Waals surface area contributed by atoms with Crippen molar-refractivity contribution in [2.45, 2.75) is 20.3 Å². The van der Waals surface area contributed by atoms with Crippen molar-refractivity contribution < 1.29 is 9.18 Å². The molecule has 0 saturated heterocycles. The quantitative estimate of drug-likeness (QED) is 0.724. The van der Waals surface area contributed by atoms with Crippen LogP contribution >= 0.6 is 12.2 Å². The van der Waals surface area contributed by atoms with Gasteiger partial charge in [0.05, 0.1) is 11.5 Å². The van der Waals surface area contributed by atoms with Crippen LogP contribution in [0.15, 0.2) is 24.3 Å². The number of anilines is 1. The lowest BCUT2D eigenvalue weighted by molar-refractivity contribution is -0.117. The highest BCUT2D eigenvalue weighted by molar-refractivity contribution is 7.80. The van der Waals surface area contributed by atoms with Crippen LogP contribution in [0.4, 0.5) is 10.1 Å². The van der Waals surface area contributed by atoms with E-state index in [0.29, 0.717) is 29.6 Å². The van der Waals surface area contributed by atoms with Gasteiger partial charge in [-0.15, -0.1) is 0 Å². The number of benzene rings is 1. The van der Waals surface area contributed by atoms with Crippen LogP contribution < -0.4 is 11.1 Å². The van der Waals surface area contributed by atoms with Gasteiger partial charge >= 0.3 is 0 Å². The van der Waals surface area contributed by atoms with E-state index >= 15 is 0 Å². The highest BCUT2D eigenvalue weighted by Gasteiger charge is 2.13. The van der Waals surface area contributed by atoms with Gasteiger partial charge in [0, 0.05) is 25.2 Å². The zero-order chi connectivity index (χ0) is 15.8. The number of nitrogens with zero attached hydrogens (tertiary/aromatic N) is 1. The predicted octanol–water partition coefficient (Wildman–Crippen LogP) is 2.40. The summed E-state index contributed by atoms with van der Waals surface area (Å²) >= 11 is 4.87. The Hall–Kier alpha value is -1.53. The monoisotopic (exact) mass is 311 g/mol. The zero-order valence-corrected chi connectivity index (χ0v) is 13.3. The van der Waals surface area contributed by atoms with Gasteiger partial charge in [-0.3, -0.25) is 9.69 Å². The molecular formula is C15H22FN3OS. The molecule has 0 aliphatic carbocycles. The number of carbonyl (C=O) groups excluding carboxylic acids is 1. The van der Waals surface area contributed by atoms with Gasteiger partial charge < -0.3 is 11.1 Å². The van der Waals surface area contributed by atoms with Crippen molar-refractivity contribution in [1.29, 1.82) is 0 Å². The fourth-order valence-corrected chi connectivity index (χ4v) is 2.08. The van der Waals surface area contributed by atoms with Crippen LogP contribution in [0.5, 0.6) is 0 Å². The highest BCUT2D eigenvalue weighted by Crippen LogP contribution is 2.09. The normalized spacial score (nSPS) is 10.9. The summed E-state index contributed by atoms with van der Waals surface area (Å²) in [5, 5.41) is 2.69. The van der Waals surface area contributed by atoms with Crippen LogP contribution in [0.25, 0.3) is 0 Å².